The van der Waals surface area contributed by atoms with Crippen molar-refractivity contribution in [3.05, 3.63) is 101 Å². The molecule has 0 fully saturated rings. The molecule has 0 saturated heterocycles. The maximum Gasteiger partial charge on any atom is 0.287 e. The highest BCUT2D eigenvalue weighted by Gasteiger charge is 2.19. The SMILES string of the molecule is CN(C)CCC(NC(=O)c1ccc(COc2ccc3ccccc3c2)o1)c1ccc(Cl)cc1. The number of fused-ring (bicyclic) bond motifs is 1. The van der Waals surface area contributed by atoms with Gasteiger partial charge in [-0.1, -0.05) is 54.1 Å². The first-order valence-electron chi connectivity index (χ1n) is 10.9. The molecule has 33 heavy (non-hydrogen) atoms. The zero-order valence-electron chi connectivity index (χ0n) is 18.8. The zero-order valence-corrected chi connectivity index (χ0v) is 19.5. The Morgan fingerprint density at radius 2 is 1.76 bits per heavy atom. The topological polar surface area (TPSA) is 54.7 Å². The first kappa shape index (κ1) is 22.9. The lowest BCUT2D eigenvalue weighted by molar-refractivity contribution is 0.0900. The molecule has 1 unspecified atom stereocenters. The van der Waals surface area contributed by atoms with Gasteiger partial charge < -0.3 is 19.4 Å². The van der Waals surface area contributed by atoms with E-state index in [1.165, 1.54) is 0 Å². The number of hydrogen-bond acceptors (Lipinski definition) is 4. The quantitative estimate of drug-likeness (QED) is 0.327. The molecule has 1 atom stereocenters. The van der Waals surface area contributed by atoms with Gasteiger partial charge >= 0.3 is 0 Å². The van der Waals surface area contributed by atoms with Gasteiger partial charge in [-0.05, 0) is 79.8 Å². The first-order chi connectivity index (χ1) is 16.0. The minimum atomic E-state index is -0.259. The fourth-order valence-electron chi connectivity index (χ4n) is 3.62. The normalized spacial score (nSPS) is 12.1. The molecule has 0 saturated carbocycles. The third-order valence-electron chi connectivity index (χ3n) is 5.43. The van der Waals surface area contributed by atoms with E-state index in [0.29, 0.717) is 10.8 Å². The summed E-state index contributed by atoms with van der Waals surface area (Å²) in [5.74, 6) is 1.34. The summed E-state index contributed by atoms with van der Waals surface area (Å²) >= 11 is 6.03. The van der Waals surface area contributed by atoms with E-state index in [1.807, 2.05) is 74.8 Å². The number of furan rings is 1. The second-order valence-corrected chi connectivity index (χ2v) is 8.67. The van der Waals surface area contributed by atoms with Crippen LogP contribution in [0.15, 0.2) is 83.3 Å². The van der Waals surface area contributed by atoms with Crippen LogP contribution < -0.4 is 10.1 Å². The third kappa shape index (κ3) is 6.15. The van der Waals surface area contributed by atoms with Crippen LogP contribution >= 0.6 is 11.6 Å². The molecule has 0 spiro atoms. The number of carbonyl (C=O) groups excluding carboxylic acids is 1. The Balaban J connectivity index is 1.40. The minimum Gasteiger partial charge on any atom is -0.486 e. The molecular formula is C27H27ClN2O3. The van der Waals surface area contributed by atoms with Gasteiger partial charge in [-0.25, -0.2) is 0 Å². The summed E-state index contributed by atoms with van der Waals surface area (Å²) in [6.45, 7) is 1.07. The zero-order chi connectivity index (χ0) is 23.2. The summed E-state index contributed by atoms with van der Waals surface area (Å²) in [5, 5.41) is 6.02. The van der Waals surface area contributed by atoms with Crippen LogP contribution in [-0.2, 0) is 6.61 Å². The Kier molecular flexibility index (Phi) is 7.33. The van der Waals surface area contributed by atoms with Crippen LogP contribution in [-0.4, -0.2) is 31.4 Å². The summed E-state index contributed by atoms with van der Waals surface area (Å²) in [7, 11) is 4.02. The molecule has 0 radical (unpaired) electrons. The van der Waals surface area contributed by atoms with E-state index in [4.69, 9.17) is 20.8 Å². The van der Waals surface area contributed by atoms with Crippen LogP contribution in [0.1, 0.15) is 34.3 Å². The highest BCUT2D eigenvalue weighted by molar-refractivity contribution is 6.30. The summed E-state index contributed by atoms with van der Waals surface area (Å²) in [5.41, 5.74) is 1.00. The van der Waals surface area contributed by atoms with Gasteiger partial charge in [-0.2, -0.15) is 0 Å². The van der Waals surface area contributed by atoms with Gasteiger partial charge in [0.15, 0.2) is 5.76 Å². The van der Waals surface area contributed by atoms with E-state index >= 15 is 0 Å². The van der Waals surface area contributed by atoms with Crippen LogP contribution in [0.5, 0.6) is 5.75 Å². The van der Waals surface area contributed by atoms with E-state index in [0.717, 1.165) is 35.1 Å². The van der Waals surface area contributed by atoms with Gasteiger partial charge in [0, 0.05) is 5.02 Å². The second-order valence-electron chi connectivity index (χ2n) is 8.23. The average Bonchev–Trinajstić information content (AvgIpc) is 3.30. The highest BCUT2D eigenvalue weighted by Crippen LogP contribution is 2.23. The van der Waals surface area contributed by atoms with Crippen molar-refractivity contribution in [2.75, 3.05) is 20.6 Å². The lowest BCUT2D eigenvalue weighted by Crippen LogP contribution is -2.30. The molecular weight excluding hydrogens is 436 g/mol. The monoisotopic (exact) mass is 462 g/mol. The Labute approximate surface area is 198 Å². The summed E-state index contributed by atoms with van der Waals surface area (Å²) in [6.07, 6.45) is 0.763. The third-order valence-corrected chi connectivity index (χ3v) is 5.68. The number of halogens is 1. The Morgan fingerprint density at radius 1 is 1.00 bits per heavy atom. The molecule has 1 heterocycles. The number of hydrogen-bond donors (Lipinski definition) is 1. The van der Waals surface area contributed by atoms with E-state index < -0.39 is 0 Å². The number of nitrogens with zero attached hydrogens (tertiary/aromatic N) is 1. The predicted molar refractivity (Wildman–Crippen MR) is 132 cm³/mol. The molecule has 1 aromatic heterocycles. The molecule has 6 heteroatoms. The Bertz CT molecular complexity index is 1220. The molecule has 1 N–H and O–H groups in total. The summed E-state index contributed by atoms with van der Waals surface area (Å²) in [6, 6.07) is 24.9. The molecule has 4 rings (SSSR count). The van der Waals surface area contributed by atoms with Crippen molar-refractivity contribution in [3.8, 4) is 5.75 Å². The number of amides is 1. The molecule has 0 bridgehead atoms. The Hall–Kier alpha value is -3.28. The maximum absolute atomic E-state index is 12.9. The summed E-state index contributed by atoms with van der Waals surface area (Å²) in [4.78, 5) is 15.0. The molecule has 170 valence electrons. The van der Waals surface area contributed by atoms with Gasteiger partial charge in [0.05, 0.1) is 6.04 Å². The number of rotatable bonds is 9. The molecule has 0 aliphatic heterocycles. The predicted octanol–water partition coefficient (Wildman–Crippen LogP) is 6.09. The molecule has 0 aliphatic rings. The molecule has 5 nitrogen and oxygen atoms in total. The van der Waals surface area contributed by atoms with Crippen molar-refractivity contribution in [1.82, 2.24) is 10.2 Å². The van der Waals surface area contributed by atoms with Crippen LogP contribution in [0.3, 0.4) is 0 Å². The lowest BCUT2D eigenvalue weighted by Gasteiger charge is -2.21. The number of nitrogens with one attached hydrogen (secondary N) is 1. The maximum atomic E-state index is 12.9. The fourth-order valence-corrected chi connectivity index (χ4v) is 3.75. The molecule has 1 amide bonds. The van der Waals surface area contributed by atoms with Crippen LogP contribution in [0, 0.1) is 0 Å². The minimum absolute atomic E-state index is 0.153. The highest BCUT2D eigenvalue weighted by atomic mass is 35.5. The lowest BCUT2D eigenvalue weighted by atomic mass is 10.0. The van der Waals surface area contributed by atoms with Crippen molar-refractivity contribution in [3.63, 3.8) is 0 Å². The van der Waals surface area contributed by atoms with Gasteiger partial charge in [-0.15, -0.1) is 0 Å². The van der Waals surface area contributed by atoms with Gasteiger partial charge in [0.1, 0.15) is 18.1 Å². The average molecular weight is 463 g/mol. The van der Waals surface area contributed by atoms with Crippen LogP contribution in [0.25, 0.3) is 10.8 Å². The van der Waals surface area contributed by atoms with Crippen molar-refractivity contribution in [1.29, 1.82) is 0 Å². The van der Waals surface area contributed by atoms with Crippen molar-refractivity contribution in [2.45, 2.75) is 19.1 Å². The van der Waals surface area contributed by atoms with E-state index in [-0.39, 0.29) is 24.3 Å². The number of carbonyl (C=O) groups is 1. The van der Waals surface area contributed by atoms with E-state index in [1.54, 1.807) is 12.1 Å². The second kappa shape index (κ2) is 10.6. The van der Waals surface area contributed by atoms with Crippen molar-refractivity contribution < 1.29 is 13.9 Å². The number of benzene rings is 3. The largest absolute Gasteiger partial charge is 0.486 e. The summed E-state index contributed by atoms with van der Waals surface area (Å²) < 4.78 is 11.6. The molecule has 4 aromatic rings. The molecule has 3 aromatic carbocycles. The fraction of sp³-hybridized carbons (Fsp3) is 0.222. The van der Waals surface area contributed by atoms with Crippen LogP contribution in [0.4, 0.5) is 0 Å². The first-order valence-corrected chi connectivity index (χ1v) is 11.3. The van der Waals surface area contributed by atoms with Gasteiger partial charge in [-0.3, -0.25) is 4.79 Å². The van der Waals surface area contributed by atoms with E-state index in [2.05, 4.69) is 16.3 Å². The van der Waals surface area contributed by atoms with Gasteiger partial charge in [0.25, 0.3) is 5.91 Å². The molecule has 0 aliphatic carbocycles. The smallest absolute Gasteiger partial charge is 0.287 e. The number of ether oxygens (including phenoxy) is 1. The van der Waals surface area contributed by atoms with E-state index in [9.17, 15) is 4.79 Å². The Morgan fingerprint density at radius 3 is 2.52 bits per heavy atom. The van der Waals surface area contributed by atoms with Crippen molar-refractivity contribution in [2.24, 2.45) is 0 Å². The van der Waals surface area contributed by atoms with Crippen molar-refractivity contribution >= 4 is 28.3 Å². The van der Waals surface area contributed by atoms with Gasteiger partial charge in [0.2, 0.25) is 0 Å². The van der Waals surface area contributed by atoms with Crippen LogP contribution in [0.2, 0.25) is 5.02 Å². The standard InChI is InChI=1S/C27H27ClN2O3/c1-30(2)16-15-25(20-7-10-22(28)11-8-20)29-27(31)26-14-13-24(33-26)18-32-23-12-9-19-5-3-4-6-21(19)17-23/h3-14,17,25H,15-16,18H2,1-2H3,(H,29,31).